The van der Waals surface area contributed by atoms with Crippen LogP contribution in [0.25, 0.3) is 6.08 Å². The molecule has 1 fully saturated rings. The van der Waals surface area contributed by atoms with Gasteiger partial charge in [-0.2, -0.15) is 0 Å². The Kier molecular flexibility index (Phi) is 7.63. The van der Waals surface area contributed by atoms with E-state index in [0.29, 0.717) is 22.2 Å². The Morgan fingerprint density at radius 2 is 2.10 bits per heavy atom. The molecule has 0 unspecified atom stereocenters. The number of amides is 3. The average molecular weight is 453 g/mol. The van der Waals surface area contributed by atoms with Gasteiger partial charge in [-0.1, -0.05) is 6.07 Å². The molecule has 0 bridgehead atoms. The molecule has 9 nitrogen and oxygen atoms in total. The van der Waals surface area contributed by atoms with Crippen molar-refractivity contribution >= 4 is 52.6 Å². The van der Waals surface area contributed by atoms with Crippen molar-refractivity contribution < 1.29 is 33.4 Å². The highest BCUT2D eigenvalue weighted by molar-refractivity contribution is 8.18. The van der Waals surface area contributed by atoms with Crippen LogP contribution in [-0.4, -0.2) is 66.4 Å². The van der Waals surface area contributed by atoms with E-state index in [1.807, 2.05) is 0 Å². The van der Waals surface area contributed by atoms with Gasteiger partial charge in [-0.25, -0.2) is 0 Å². The number of esters is 1. The molecule has 30 heavy (non-hydrogen) atoms. The Bertz CT molecular complexity index is 888. The molecule has 1 aromatic rings. The van der Waals surface area contributed by atoms with Crippen LogP contribution >= 0.6 is 23.5 Å². The number of ether oxygens (including phenoxy) is 3. The summed E-state index contributed by atoms with van der Waals surface area (Å²) in [4.78, 5) is 48.9. The highest BCUT2D eigenvalue weighted by atomic mass is 32.2. The lowest BCUT2D eigenvalue weighted by Crippen LogP contribution is -2.37. The Morgan fingerprint density at radius 1 is 1.30 bits per heavy atom. The summed E-state index contributed by atoms with van der Waals surface area (Å²) in [7, 11) is 1.31. The molecule has 2 aliphatic rings. The quantitative estimate of drug-likeness (QED) is 0.341. The van der Waals surface area contributed by atoms with E-state index in [4.69, 9.17) is 9.47 Å². The van der Waals surface area contributed by atoms with Gasteiger partial charge in [0.2, 0.25) is 12.7 Å². The molecular weight excluding hydrogens is 432 g/mol. The number of rotatable bonds is 9. The van der Waals surface area contributed by atoms with Gasteiger partial charge in [0.25, 0.3) is 11.1 Å². The van der Waals surface area contributed by atoms with E-state index >= 15 is 0 Å². The highest BCUT2D eigenvalue weighted by Crippen LogP contribution is 2.36. The predicted octanol–water partition coefficient (Wildman–Crippen LogP) is 1.86. The summed E-state index contributed by atoms with van der Waals surface area (Å²) < 4.78 is 15.1. The van der Waals surface area contributed by atoms with Crippen LogP contribution < -0.4 is 14.8 Å². The summed E-state index contributed by atoms with van der Waals surface area (Å²) in [6.45, 7) is 0.408. The molecule has 0 atom stereocenters. The number of hydrogen-bond donors (Lipinski definition) is 1. The Balaban J connectivity index is 1.45. The first-order valence-electron chi connectivity index (χ1n) is 9.04. The van der Waals surface area contributed by atoms with Crippen LogP contribution in [0.4, 0.5) is 4.79 Å². The van der Waals surface area contributed by atoms with E-state index in [1.165, 1.54) is 18.9 Å². The molecule has 11 heteroatoms. The topological polar surface area (TPSA) is 111 Å². The van der Waals surface area contributed by atoms with Gasteiger partial charge in [-0.15, -0.1) is 11.8 Å². The van der Waals surface area contributed by atoms with Gasteiger partial charge >= 0.3 is 5.97 Å². The van der Waals surface area contributed by atoms with Gasteiger partial charge in [-0.05, 0) is 35.5 Å². The average Bonchev–Trinajstić information content (AvgIpc) is 3.30. The molecule has 0 aromatic heterocycles. The van der Waals surface area contributed by atoms with E-state index in [1.54, 1.807) is 24.3 Å². The van der Waals surface area contributed by atoms with Crippen LogP contribution in [0.1, 0.15) is 12.0 Å². The normalized spacial score (nSPS) is 16.3. The molecule has 1 aromatic carbocycles. The van der Waals surface area contributed by atoms with Crippen LogP contribution in [-0.2, 0) is 19.1 Å². The number of fused-ring (bicyclic) bond motifs is 1. The van der Waals surface area contributed by atoms with E-state index in [9.17, 15) is 19.2 Å². The lowest BCUT2D eigenvalue weighted by molar-refractivity contribution is -0.137. The van der Waals surface area contributed by atoms with Crippen molar-refractivity contribution in [2.75, 3.05) is 38.5 Å². The van der Waals surface area contributed by atoms with Gasteiger partial charge in [0, 0.05) is 25.3 Å². The first-order valence-corrected chi connectivity index (χ1v) is 11.0. The first kappa shape index (κ1) is 22.0. The number of methoxy groups -OCH3 is 1. The molecule has 0 aliphatic carbocycles. The zero-order valence-electron chi connectivity index (χ0n) is 16.2. The number of carbonyl (C=O) groups is 4. The van der Waals surface area contributed by atoms with Crippen LogP contribution in [0.5, 0.6) is 11.5 Å². The van der Waals surface area contributed by atoms with Gasteiger partial charge < -0.3 is 19.5 Å². The van der Waals surface area contributed by atoms with E-state index in [-0.39, 0.29) is 49.2 Å². The highest BCUT2D eigenvalue weighted by Gasteiger charge is 2.34. The molecule has 2 aliphatic heterocycles. The smallest absolute Gasteiger partial charge is 0.315 e. The molecule has 2 heterocycles. The molecule has 0 saturated carbocycles. The fourth-order valence-electron chi connectivity index (χ4n) is 2.62. The number of thioether (sulfide) groups is 2. The van der Waals surface area contributed by atoms with Crippen molar-refractivity contribution in [3.63, 3.8) is 0 Å². The van der Waals surface area contributed by atoms with Crippen molar-refractivity contribution in [3.8, 4) is 11.5 Å². The van der Waals surface area contributed by atoms with Crippen LogP contribution in [0.15, 0.2) is 23.1 Å². The Labute approximate surface area is 181 Å². The fraction of sp³-hybridized carbons (Fsp3) is 0.368. The van der Waals surface area contributed by atoms with Crippen LogP contribution in [0.3, 0.4) is 0 Å². The van der Waals surface area contributed by atoms with Crippen LogP contribution in [0, 0.1) is 0 Å². The third kappa shape index (κ3) is 5.70. The zero-order valence-corrected chi connectivity index (χ0v) is 17.8. The van der Waals surface area contributed by atoms with Crippen molar-refractivity contribution in [2.45, 2.75) is 6.42 Å². The van der Waals surface area contributed by atoms with Gasteiger partial charge in [0.15, 0.2) is 11.5 Å². The number of hydrogen-bond acceptors (Lipinski definition) is 9. The minimum Gasteiger partial charge on any atom is -0.468 e. The second-order valence-electron chi connectivity index (χ2n) is 6.17. The number of imide groups is 1. The van der Waals surface area contributed by atoms with Crippen LogP contribution in [0.2, 0.25) is 0 Å². The first-order chi connectivity index (χ1) is 14.5. The number of benzene rings is 1. The van der Waals surface area contributed by atoms with Gasteiger partial charge in [0.05, 0.1) is 17.8 Å². The Morgan fingerprint density at radius 3 is 2.90 bits per heavy atom. The van der Waals surface area contributed by atoms with Crippen molar-refractivity contribution in [1.29, 1.82) is 0 Å². The molecule has 0 spiro atoms. The molecule has 1 N–H and O–H groups in total. The maximum Gasteiger partial charge on any atom is 0.315 e. The van der Waals surface area contributed by atoms with E-state index < -0.39 is 5.91 Å². The van der Waals surface area contributed by atoms with Crippen molar-refractivity contribution in [1.82, 2.24) is 10.2 Å². The molecule has 1 saturated heterocycles. The van der Waals surface area contributed by atoms with Gasteiger partial charge in [-0.3, -0.25) is 24.1 Å². The number of carbonyl (C=O) groups excluding carboxylic acids is 4. The molecule has 0 radical (unpaired) electrons. The van der Waals surface area contributed by atoms with Crippen molar-refractivity contribution in [3.05, 3.63) is 28.7 Å². The zero-order chi connectivity index (χ0) is 21.5. The number of nitrogens with one attached hydrogen (secondary N) is 1. The summed E-state index contributed by atoms with van der Waals surface area (Å²) in [5.41, 5.74) is 0.725. The largest absolute Gasteiger partial charge is 0.468 e. The summed E-state index contributed by atoms with van der Waals surface area (Å²) >= 11 is 2.16. The molecule has 160 valence electrons. The third-order valence-corrected chi connectivity index (χ3v) is 5.99. The lowest BCUT2D eigenvalue weighted by Gasteiger charge is -2.13. The molecule has 3 amide bonds. The fourth-order valence-corrected chi connectivity index (χ4v) is 4.25. The minimum atomic E-state index is -0.398. The molecule has 3 rings (SSSR count). The predicted molar refractivity (Wildman–Crippen MR) is 112 cm³/mol. The maximum absolute atomic E-state index is 12.5. The lowest BCUT2D eigenvalue weighted by atomic mass is 10.2. The summed E-state index contributed by atoms with van der Waals surface area (Å²) in [6.07, 6.45) is 1.86. The monoisotopic (exact) mass is 452 g/mol. The summed E-state index contributed by atoms with van der Waals surface area (Å²) in [5.74, 6) is 0.946. The standard InChI is InChI=1S/C19H20N2O7S2/c1-26-17(23)10-29-7-4-16(22)20-5-6-21-18(24)15(30-19(21)25)9-12-2-3-13-14(8-12)28-11-27-13/h2-3,8-9H,4-7,10-11H2,1H3,(H,20,22)/b15-9+. The second kappa shape index (κ2) is 10.4. The Hall–Kier alpha value is -2.66. The van der Waals surface area contributed by atoms with Crippen molar-refractivity contribution in [2.24, 2.45) is 0 Å². The second-order valence-corrected chi connectivity index (χ2v) is 8.27. The number of nitrogens with zero attached hydrogens (tertiary/aromatic N) is 1. The van der Waals surface area contributed by atoms with E-state index in [0.717, 1.165) is 22.2 Å². The third-order valence-electron chi connectivity index (χ3n) is 4.15. The summed E-state index contributed by atoms with van der Waals surface area (Å²) in [6, 6.07) is 5.27. The maximum atomic E-state index is 12.5. The summed E-state index contributed by atoms with van der Waals surface area (Å²) in [5, 5.41) is 2.29. The van der Waals surface area contributed by atoms with Gasteiger partial charge in [0.1, 0.15) is 0 Å². The molecular formula is C19H20N2O7S2. The SMILES string of the molecule is COC(=O)CSCCC(=O)NCCN1C(=O)S/C(=C/c2ccc3c(c2)OCO3)C1=O. The minimum absolute atomic E-state index is 0.0875. The van der Waals surface area contributed by atoms with E-state index in [2.05, 4.69) is 10.1 Å².